The van der Waals surface area contributed by atoms with Gasteiger partial charge in [-0.15, -0.1) is 0 Å². The van der Waals surface area contributed by atoms with E-state index >= 15 is 0 Å². The van der Waals surface area contributed by atoms with E-state index in [-0.39, 0.29) is 0 Å². The van der Waals surface area contributed by atoms with Gasteiger partial charge in [-0.2, -0.15) is 0 Å². The Morgan fingerprint density at radius 1 is 1.36 bits per heavy atom. The summed E-state index contributed by atoms with van der Waals surface area (Å²) in [7, 11) is 0. The van der Waals surface area contributed by atoms with Crippen LogP contribution in [0.4, 0.5) is 0 Å². The van der Waals surface area contributed by atoms with Crippen LogP contribution in [-0.4, -0.2) is 28.3 Å². The number of aliphatic carboxylic acids is 1. The van der Waals surface area contributed by atoms with Crippen molar-refractivity contribution in [1.29, 1.82) is 0 Å². The molecule has 1 fully saturated rings. The van der Waals surface area contributed by atoms with Crippen molar-refractivity contribution < 1.29 is 15.0 Å². The molecule has 1 aliphatic rings. The lowest BCUT2D eigenvalue weighted by atomic mass is 9.84. The van der Waals surface area contributed by atoms with E-state index in [4.69, 9.17) is 10.8 Å². The van der Waals surface area contributed by atoms with Gasteiger partial charge in [0.05, 0.1) is 0 Å². The maximum atomic E-state index is 10.5. The predicted molar refractivity (Wildman–Crippen MR) is 52.8 cm³/mol. The van der Waals surface area contributed by atoms with E-state index in [1.807, 2.05) is 0 Å². The molecule has 0 radical (unpaired) electrons. The van der Waals surface area contributed by atoms with Crippen molar-refractivity contribution >= 4 is 5.97 Å². The maximum Gasteiger partial charge on any atom is 0.334 e. The molecule has 0 spiro atoms. The monoisotopic (exact) mass is 201 g/mol. The van der Waals surface area contributed by atoms with E-state index in [0.29, 0.717) is 12.3 Å². The Morgan fingerprint density at radius 3 is 2.43 bits per heavy atom. The van der Waals surface area contributed by atoms with Gasteiger partial charge in [-0.05, 0) is 12.3 Å². The first-order chi connectivity index (χ1) is 6.61. The van der Waals surface area contributed by atoms with E-state index in [2.05, 4.69) is 0 Å². The third kappa shape index (κ3) is 3.27. The van der Waals surface area contributed by atoms with Crippen molar-refractivity contribution in [2.75, 3.05) is 0 Å². The third-order valence-corrected chi connectivity index (χ3v) is 2.99. The molecule has 0 aromatic rings. The molecular formula is C10H19NO3. The number of hydrogen-bond acceptors (Lipinski definition) is 3. The molecule has 0 saturated heterocycles. The highest BCUT2D eigenvalue weighted by Gasteiger charge is 2.25. The first-order valence-corrected chi connectivity index (χ1v) is 5.27. The van der Waals surface area contributed by atoms with Crippen LogP contribution in [0.3, 0.4) is 0 Å². The largest absolute Gasteiger partial charge is 0.479 e. The third-order valence-electron chi connectivity index (χ3n) is 2.99. The zero-order valence-electron chi connectivity index (χ0n) is 8.35. The van der Waals surface area contributed by atoms with Crippen LogP contribution in [0.1, 0.15) is 38.5 Å². The molecule has 2 unspecified atom stereocenters. The van der Waals surface area contributed by atoms with Crippen LogP contribution in [0.25, 0.3) is 0 Å². The van der Waals surface area contributed by atoms with Crippen LogP contribution >= 0.6 is 0 Å². The van der Waals surface area contributed by atoms with Crippen molar-refractivity contribution in [2.45, 2.75) is 50.7 Å². The van der Waals surface area contributed by atoms with Crippen molar-refractivity contribution in [1.82, 2.24) is 0 Å². The molecule has 14 heavy (non-hydrogen) atoms. The van der Waals surface area contributed by atoms with E-state index < -0.39 is 18.1 Å². The molecular weight excluding hydrogens is 182 g/mol. The summed E-state index contributed by atoms with van der Waals surface area (Å²) in [6.07, 6.45) is 5.17. The molecule has 0 aliphatic heterocycles. The van der Waals surface area contributed by atoms with Crippen molar-refractivity contribution in [3.63, 3.8) is 0 Å². The number of hydrogen-bond donors (Lipinski definition) is 3. The minimum atomic E-state index is -1.41. The maximum absolute atomic E-state index is 10.5. The molecule has 4 nitrogen and oxygen atoms in total. The SMILES string of the molecule is NC(CC1CCCCC1)C(O)C(=O)O. The Hall–Kier alpha value is -0.610. The molecule has 0 bridgehead atoms. The Balaban J connectivity index is 2.31. The van der Waals surface area contributed by atoms with Gasteiger partial charge in [0, 0.05) is 6.04 Å². The summed E-state index contributed by atoms with van der Waals surface area (Å²) in [4.78, 5) is 10.5. The molecule has 1 rings (SSSR count). The molecule has 4 N–H and O–H groups in total. The number of carboxylic acid groups (broad SMARTS) is 1. The van der Waals surface area contributed by atoms with Crippen LogP contribution in [0, 0.1) is 5.92 Å². The standard InChI is InChI=1S/C10H19NO3/c11-8(9(12)10(13)14)6-7-4-2-1-3-5-7/h7-9,12H,1-6,11H2,(H,13,14). The fourth-order valence-corrected chi connectivity index (χ4v) is 2.12. The predicted octanol–water partition coefficient (Wildman–Crippen LogP) is 0.730. The average molecular weight is 201 g/mol. The quantitative estimate of drug-likeness (QED) is 0.626. The Morgan fingerprint density at radius 2 is 1.93 bits per heavy atom. The minimum Gasteiger partial charge on any atom is -0.479 e. The Labute approximate surface area is 84.1 Å². The highest BCUT2D eigenvalue weighted by atomic mass is 16.4. The molecule has 0 aromatic heterocycles. The second kappa shape index (κ2) is 5.32. The zero-order valence-corrected chi connectivity index (χ0v) is 8.35. The molecule has 0 amide bonds. The van der Waals surface area contributed by atoms with Gasteiger partial charge in [0.2, 0.25) is 0 Å². The number of nitrogens with two attached hydrogens (primary N) is 1. The lowest BCUT2D eigenvalue weighted by molar-refractivity contribution is -0.147. The lowest BCUT2D eigenvalue weighted by Crippen LogP contribution is -2.41. The van der Waals surface area contributed by atoms with E-state index in [1.54, 1.807) is 0 Å². The van der Waals surface area contributed by atoms with Crippen LogP contribution in [0.2, 0.25) is 0 Å². The summed E-state index contributed by atoms with van der Waals surface area (Å²) in [6, 6.07) is -0.615. The van der Waals surface area contributed by atoms with Gasteiger partial charge in [0.1, 0.15) is 0 Å². The van der Waals surface area contributed by atoms with Crippen molar-refractivity contribution in [2.24, 2.45) is 11.7 Å². The van der Waals surface area contributed by atoms with Crippen LogP contribution < -0.4 is 5.73 Å². The highest BCUT2D eigenvalue weighted by molar-refractivity contribution is 5.72. The Kier molecular flexibility index (Phi) is 4.35. The fourth-order valence-electron chi connectivity index (χ4n) is 2.12. The molecule has 4 heteroatoms. The van der Waals surface area contributed by atoms with E-state index in [9.17, 15) is 9.90 Å². The minimum absolute atomic E-state index is 0.507. The van der Waals surface area contributed by atoms with Gasteiger partial charge >= 0.3 is 5.97 Å². The number of rotatable bonds is 4. The second-order valence-corrected chi connectivity index (χ2v) is 4.19. The first-order valence-electron chi connectivity index (χ1n) is 5.27. The summed E-state index contributed by atoms with van der Waals surface area (Å²) >= 11 is 0. The normalized spacial score (nSPS) is 23.0. The molecule has 0 aromatic carbocycles. The fraction of sp³-hybridized carbons (Fsp3) is 0.900. The van der Waals surface area contributed by atoms with Gasteiger partial charge in [-0.3, -0.25) is 0 Å². The lowest BCUT2D eigenvalue weighted by Gasteiger charge is -2.25. The van der Waals surface area contributed by atoms with Gasteiger partial charge in [0.15, 0.2) is 6.10 Å². The summed E-state index contributed by atoms with van der Waals surface area (Å²) in [5, 5.41) is 17.8. The first kappa shape index (κ1) is 11.5. The van der Waals surface area contributed by atoms with Gasteiger partial charge in [-0.25, -0.2) is 4.79 Å². The molecule has 82 valence electrons. The van der Waals surface area contributed by atoms with Crippen molar-refractivity contribution in [3.8, 4) is 0 Å². The van der Waals surface area contributed by atoms with E-state index in [0.717, 1.165) is 12.8 Å². The van der Waals surface area contributed by atoms with Gasteiger partial charge in [0.25, 0.3) is 0 Å². The zero-order chi connectivity index (χ0) is 10.6. The number of aliphatic hydroxyl groups is 1. The van der Waals surface area contributed by atoms with Crippen LogP contribution in [-0.2, 0) is 4.79 Å². The molecule has 1 saturated carbocycles. The Bertz CT molecular complexity index is 190. The van der Waals surface area contributed by atoms with Crippen LogP contribution in [0.15, 0.2) is 0 Å². The van der Waals surface area contributed by atoms with Gasteiger partial charge < -0.3 is 15.9 Å². The smallest absolute Gasteiger partial charge is 0.334 e. The number of carboxylic acids is 1. The second-order valence-electron chi connectivity index (χ2n) is 4.19. The van der Waals surface area contributed by atoms with Gasteiger partial charge in [-0.1, -0.05) is 32.1 Å². The highest BCUT2D eigenvalue weighted by Crippen LogP contribution is 2.27. The van der Waals surface area contributed by atoms with Crippen molar-refractivity contribution in [3.05, 3.63) is 0 Å². The average Bonchev–Trinajstić information content (AvgIpc) is 2.18. The number of carbonyl (C=O) groups is 1. The van der Waals surface area contributed by atoms with Crippen LogP contribution in [0.5, 0.6) is 0 Å². The molecule has 1 aliphatic carbocycles. The number of aliphatic hydroxyl groups excluding tert-OH is 1. The van der Waals surface area contributed by atoms with E-state index in [1.165, 1.54) is 19.3 Å². The summed E-state index contributed by atoms with van der Waals surface area (Å²) in [6.45, 7) is 0. The molecule has 2 atom stereocenters. The topological polar surface area (TPSA) is 83.5 Å². The molecule has 0 heterocycles. The summed E-state index contributed by atoms with van der Waals surface area (Å²) in [5.74, 6) is -0.707. The summed E-state index contributed by atoms with van der Waals surface area (Å²) in [5.41, 5.74) is 5.62. The summed E-state index contributed by atoms with van der Waals surface area (Å²) < 4.78 is 0.